The van der Waals surface area contributed by atoms with E-state index in [1.54, 1.807) is 0 Å². The van der Waals surface area contributed by atoms with Crippen molar-refractivity contribution in [3.63, 3.8) is 0 Å². The molecule has 0 aromatic heterocycles. The predicted molar refractivity (Wildman–Crippen MR) is 46.9 cm³/mol. The molecule has 1 fully saturated rings. The van der Waals surface area contributed by atoms with Gasteiger partial charge in [-0.05, 0) is 13.3 Å². The van der Waals surface area contributed by atoms with Gasteiger partial charge in [0.15, 0.2) is 5.78 Å². The summed E-state index contributed by atoms with van der Waals surface area (Å²) in [7, 11) is 1.26. The van der Waals surface area contributed by atoms with E-state index in [1.165, 1.54) is 14.0 Å². The number of nitrogens with zero attached hydrogens (tertiary/aromatic N) is 1. The van der Waals surface area contributed by atoms with Crippen molar-refractivity contribution >= 4 is 17.7 Å². The number of carbonyl (C=O) groups is 3. The normalized spacial score (nSPS) is 21.1. The van der Waals surface area contributed by atoms with E-state index in [1.807, 2.05) is 0 Å². The minimum absolute atomic E-state index is 0.212. The van der Waals surface area contributed by atoms with E-state index >= 15 is 0 Å². The molecular formula is C9H12NO4. The molecule has 1 aliphatic rings. The maximum Gasteiger partial charge on any atom is 0.328 e. The fourth-order valence-corrected chi connectivity index (χ4v) is 1.43. The van der Waals surface area contributed by atoms with Gasteiger partial charge >= 0.3 is 5.97 Å². The summed E-state index contributed by atoms with van der Waals surface area (Å²) in [6, 6.07) is -0.628. The van der Waals surface area contributed by atoms with Gasteiger partial charge in [-0.3, -0.25) is 9.59 Å². The second-order valence-corrected chi connectivity index (χ2v) is 3.12. The summed E-state index contributed by atoms with van der Waals surface area (Å²) in [6.07, 6.45) is 0.693. The molecule has 77 valence electrons. The number of ketones is 1. The number of esters is 1. The van der Waals surface area contributed by atoms with Crippen LogP contribution in [0.5, 0.6) is 0 Å². The zero-order valence-corrected chi connectivity index (χ0v) is 8.15. The summed E-state index contributed by atoms with van der Waals surface area (Å²) >= 11 is 0. The molecule has 1 heterocycles. The van der Waals surface area contributed by atoms with Crippen molar-refractivity contribution in [1.82, 2.24) is 4.90 Å². The van der Waals surface area contributed by atoms with Gasteiger partial charge in [0.1, 0.15) is 12.6 Å². The topological polar surface area (TPSA) is 63.7 Å². The van der Waals surface area contributed by atoms with Gasteiger partial charge in [0.05, 0.1) is 7.11 Å². The first-order chi connectivity index (χ1) is 6.56. The van der Waals surface area contributed by atoms with Crippen LogP contribution >= 0.6 is 0 Å². The second-order valence-electron chi connectivity index (χ2n) is 3.12. The van der Waals surface area contributed by atoms with Gasteiger partial charge in [0.25, 0.3) is 0 Å². The number of Topliss-reactive ketones (excluding diaryl/α,β-unsaturated/α-hetero) is 1. The predicted octanol–water partition coefficient (Wildman–Crippen LogP) is -0.0988. The first-order valence-electron chi connectivity index (χ1n) is 4.30. The smallest absolute Gasteiger partial charge is 0.328 e. The molecular weight excluding hydrogens is 186 g/mol. The van der Waals surface area contributed by atoms with Gasteiger partial charge < -0.3 is 9.64 Å². The third-order valence-electron chi connectivity index (χ3n) is 2.05. The number of amides is 1. The largest absolute Gasteiger partial charge is 0.467 e. The zero-order valence-electron chi connectivity index (χ0n) is 8.15. The molecule has 0 bridgehead atoms. The molecule has 1 saturated heterocycles. The quantitative estimate of drug-likeness (QED) is 0.594. The molecule has 1 unspecified atom stereocenters. The highest BCUT2D eigenvalue weighted by molar-refractivity contribution is 5.94. The summed E-state index contributed by atoms with van der Waals surface area (Å²) in [5.74, 6) is -0.946. The van der Waals surface area contributed by atoms with Crippen molar-refractivity contribution in [2.24, 2.45) is 0 Å². The van der Waals surface area contributed by atoms with Gasteiger partial charge in [-0.2, -0.15) is 0 Å². The lowest BCUT2D eigenvalue weighted by atomic mass is 10.2. The summed E-state index contributed by atoms with van der Waals surface area (Å²) in [4.78, 5) is 34.4. The van der Waals surface area contributed by atoms with Crippen molar-refractivity contribution in [3.8, 4) is 0 Å². The van der Waals surface area contributed by atoms with Crippen molar-refractivity contribution in [1.29, 1.82) is 0 Å². The molecule has 0 aromatic rings. The minimum Gasteiger partial charge on any atom is -0.467 e. The average Bonchev–Trinajstić information content (AvgIpc) is 2.46. The molecule has 0 aromatic carbocycles. The van der Waals surface area contributed by atoms with Crippen LogP contribution in [0.4, 0.5) is 0 Å². The van der Waals surface area contributed by atoms with Crippen LogP contribution in [0.15, 0.2) is 0 Å². The molecule has 0 saturated carbocycles. The average molecular weight is 198 g/mol. The van der Waals surface area contributed by atoms with Crippen LogP contribution in [0.25, 0.3) is 0 Å². The van der Waals surface area contributed by atoms with Gasteiger partial charge in [-0.15, -0.1) is 0 Å². The Labute approximate surface area is 82.0 Å². The Kier molecular flexibility index (Phi) is 3.22. The highest BCUT2D eigenvalue weighted by Crippen LogP contribution is 2.21. The van der Waals surface area contributed by atoms with E-state index in [2.05, 4.69) is 4.74 Å². The minimum atomic E-state index is -0.628. The number of likely N-dealkylation sites (tertiary alicyclic amines) is 1. The second kappa shape index (κ2) is 4.21. The third-order valence-corrected chi connectivity index (χ3v) is 2.05. The van der Waals surface area contributed by atoms with E-state index in [0.29, 0.717) is 6.42 Å². The monoisotopic (exact) mass is 198 g/mol. The van der Waals surface area contributed by atoms with Crippen LogP contribution in [0.1, 0.15) is 19.8 Å². The molecule has 1 amide bonds. The Morgan fingerprint density at radius 2 is 2.21 bits per heavy atom. The van der Waals surface area contributed by atoms with Gasteiger partial charge in [0.2, 0.25) is 5.91 Å². The maximum absolute atomic E-state index is 11.3. The van der Waals surface area contributed by atoms with Crippen molar-refractivity contribution in [3.05, 3.63) is 6.54 Å². The Balaban J connectivity index is 2.71. The van der Waals surface area contributed by atoms with Gasteiger partial charge in [-0.25, -0.2) is 4.79 Å². The van der Waals surface area contributed by atoms with Crippen LogP contribution < -0.4 is 0 Å². The third kappa shape index (κ3) is 2.10. The Hall–Kier alpha value is -1.39. The maximum atomic E-state index is 11.3. The van der Waals surface area contributed by atoms with E-state index in [4.69, 9.17) is 0 Å². The van der Waals surface area contributed by atoms with Crippen molar-refractivity contribution < 1.29 is 19.1 Å². The molecule has 1 rings (SSSR count). The van der Waals surface area contributed by atoms with E-state index in [-0.39, 0.29) is 18.1 Å². The number of carbonyl (C=O) groups excluding carboxylic acids is 3. The molecule has 5 nitrogen and oxygen atoms in total. The summed E-state index contributed by atoms with van der Waals surface area (Å²) in [6.45, 7) is 2.48. The Bertz CT molecular complexity index is 274. The molecule has 5 heteroatoms. The summed E-state index contributed by atoms with van der Waals surface area (Å²) in [5, 5.41) is 0. The Morgan fingerprint density at radius 1 is 1.57 bits per heavy atom. The fraction of sp³-hybridized carbons (Fsp3) is 0.556. The van der Waals surface area contributed by atoms with Crippen molar-refractivity contribution in [2.75, 3.05) is 7.11 Å². The highest BCUT2D eigenvalue weighted by Gasteiger charge is 2.37. The van der Waals surface area contributed by atoms with Gasteiger partial charge in [0, 0.05) is 6.42 Å². The van der Waals surface area contributed by atoms with Crippen LogP contribution in [0, 0.1) is 6.54 Å². The molecule has 1 atom stereocenters. The van der Waals surface area contributed by atoms with E-state index in [0.717, 1.165) is 11.4 Å². The number of hydrogen-bond donors (Lipinski definition) is 0. The molecule has 0 N–H and O–H groups in total. The highest BCUT2D eigenvalue weighted by atomic mass is 16.5. The van der Waals surface area contributed by atoms with Crippen molar-refractivity contribution in [2.45, 2.75) is 25.8 Å². The first-order valence-corrected chi connectivity index (χ1v) is 4.30. The van der Waals surface area contributed by atoms with Crippen LogP contribution in [-0.4, -0.2) is 35.7 Å². The number of rotatable bonds is 3. The van der Waals surface area contributed by atoms with Crippen LogP contribution in [-0.2, 0) is 19.1 Å². The summed E-state index contributed by atoms with van der Waals surface area (Å²) in [5.41, 5.74) is 0. The number of hydrogen-bond acceptors (Lipinski definition) is 4. The lowest BCUT2D eigenvalue weighted by molar-refractivity contribution is -0.148. The number of methoxy groups -OCH3 is 1. The Morgan fingerprint density at radius 3 is 2.71 bits per heavy atom. The molecule has 0 aliphatic carbocycles. The fourth-order valence-electron chi connectivity index (χ4n) is 1.43. The lowest BCUT2D eigenvalue weighted by Gasteiger charge is -2.20. The number of ether oxygens (including phenoxy) is 1. The molecule has 1 aliphatic heterocycles. The van der Waals surface area contributed by atoms with E-state index in [9.17, 15) is 14.4 Å². The molecule has 14 heavy (non-hydrogen) atoms. The zero-order chi connectivity index (χ0) is 10.7. The molecule has 0 spiro atoms. The SMILES string of the molecule is COC(=O)C1CCC(=O)N1[CH]C(C)=O. The van der Waals surface area contributed by atoms with E-state index < -0.39 is 12.0 Å². The summed E-state index contributed by atoms with van der Waals surface area (Å²) < 4.78 is 4.53. The van der Waals surface area contributed by atoms with Gasteiger partial charge in [-0.1, -0.05) is 0 Å². The van der Waals surface area contributed by atoms with Crippen LogP contribution in [0.2, 0.25) is 0 Å². The molecule has 1 radical (unpaired) electrons. The lowest BCUT2D eigenvalue weighted by Crippen LogP contribution is -2.38. The standard InChI is InChI=1S/C9H12NO4/c1-6(11)5-10-7(9(13)14-2)3-4-8(10)12/h5,7H,3-4H2,1-2H3. The van der Waals surface area contributed by atoms with Crippen LogP contribution in [0.3, 0.4) is 0 Å². The first kappa shape index (κ1) is 10.7.